The van der Waals surface area contributed by atoms with E-state index in [0.717, 1.165) is 11.0 Å². The molecule has 0 bridgehead atoms. The molecule has 1 nitrogen and oxygen atoms in total. The van der Waals surface area contributed by atoms with Gasteiger partial charge in [0.25, 0.3) is 0 Å². The lowest BCUT2D eigenvalue weighted by Gasteiger charge is -2.27. The molecule has 0 amide bonds. The molecule has 3 rings (SSSR count). The summed E-state index contributed by atoms with van der Waals surface area (Å²) in [5, 5.41) is 3.72. The molecule has 2 heteroatoms. The van der Waals surface area contributed by atoms with Crippen LogP contribution in [-0.4, -0.2) is 6.54 Å². The average Bonchev–Trinajstić information content (AvgIpc) is 2.52. The number of benzene rings is 2. The van der Waals surface area contributed by atoms with Gasteiger partial charge in [0.2, 0.25) is 0 Å². The molecule has 0 fully saturated rings. The summed E-state index contributed by atoms with van der Waals surface area (Å²) in [6.45, 7) is 3.31. The zero-order chi connectivity index (χ0) is 14.7. The van der Waals surface area contributed by atoms with Gasteiger partial charge < -0.3 is 5.32 Å². The monoisotopic (exact) mass is 343 g/mol. The smallest absolute Gasteiger partial charge is 0.0292 e. The first-order valence-electron chi connectivity index (χ1n) is 7.80. The molecule has 2 atom stereocenters. The second kappa shape index (κ2) is 6.76. The molecule has 2 aromatic carbocycles. The lowest BCUT2D eigenvalue weighted by Crippen LogP contribution is -2.26. The third-order valence-corrected chi connectivity index (χ3v) is 5.01. The van der Waals surface area contributed by atoms with Gasteiger partial charge in [-0.3, -0.25) is 0 Å². The van der Waals surface area contributed by atoms with Gasteiger partial charge in [0.15, 0.2) is 0 Å². The quantitative estimate of drug-likeness (QED) is 0.802. The van der Waals surface area contributed by atoms with Gasteiger partial charge in [-0.25, -0.2) is 0 Å². The van der Waals surface area contributed by atoms with Crippen molar-refractivity contribution in [3.63, 3.8) is 0 Å². The Morgan fingerprint density at radius 2 is 2.05 bits per heavy atom. The van der Waals surface area contributed by atoms with Crippen molar-refractivity contribution in [2.75, 3.05) is 6.54 Å². The molecular weight excluding hydrogens is 322 g/mol. The van der Waals surface area contributed by atoms with Crippen LogP contribution in [-0.2, 0) is 6.42 Å². The van der Waals surface area contributed by atoms with Gasteiger partial charge >= 0.3 is 0 Å². The molecule has 1 aliphatic carbocycles. The number of halogens is 1. The van der Waals surface area contributed by atoms with Crippen LogP contribution in [0.3, 0.4) is 0 Å². The maximum Gasteiger partial charge on any atom is 0.0292 e. The summed E-state index contributed by atoms with van der Waals surface area (Å²) in [5.74, 6) is 0.657. The van der Waals surface area contributed by atoms with E-state index in [9.17, 15) is 0 Å². The number of aryl methyl sites for hydroxylation is 1. The van der Waals surface area contributed by atoms with Gasteiger partial charge in [0.1, 0.15) is 0 Å². The molecular formula is C19H22BrN. The van der Waals surface area contributed by atoms with Crippen LogP contribution in [0.2, 0.25) is 0 Å². The lowest BCUT2D eigenvalue weighted by atomic mass is 9.82. The Balaban J connectivity index is 1.66. The minimum atomic E-state index is 0.386. The van der Waals surface area contributed by atoms with Crippen LogP contribution in [0.1, 0.15) is 48.4 Å². The second-order valence-electron chi connectivity index (χ2n) is 5.97. The van der Waals surface area contributed by atoms with E-state index in [-0.39, 0.29) is 0 Å². The summed E-state index contributed by atoms with van der Waals surface area (Å²) in [5.41, 5.74) is 4.44. The Kier molecular flexibility index (Phi) is 4.77. The van der Waals surface area contributed by atoms with Gasteiger partial charge in [-0.05, 0) is 60.9 Å². The van der Waals surface area contributed by atoms with E-state index in [1.165, 1.54) is 24.8 Å². The fraction of sp³-hybridized carbons (Fsp3) is 0.368. The predicted octanol–water partition coefficient (Wildman–Crippen LogP) is 5.22. The van der Waals surface area contributed by atoms with Crippen molar-refractivity contribution in [1.82, 2.24) is 5.32 Å². The Hall–Kier alpha value is -1.12. The number of fused-ring (bicyclic) bond motifs is 1. The first kappa shape index (κ1) is 14.8. The molecule has 110 valence electrons. The first-order valence-corrected chi connectivity index (χ1v) is 8.60. The summed E-state index contributed by atoms with van der Waals surface area (Å²) in [6, 6.07) is 17.9. The highest BCUT2D eigenvalue weighted by Gasteiger charge is 2.20. The third-order valence-electron chi connectivity index (χ3n) is 4.51. The van der Waals surface area contributed by atoms with Crippen molar-refractivity contribution >= 4 is 15.9 Å². The SMILES string of the molecule is C[C@@H](NCC1CCCc2ccccc21)c1cccc(Br)c1. The maximum atomic E-state index is 3.72. The Bertz CT molecular complexity index is 608. The van der Waals surface area contributed by atoms with Crippen molar-refractivity contribution in [1.29, 1.82) is 0 Å². The molecule has 0 spiro atoms. The number of hydrogen-bond donors (Lipinski definition) is 1. The summed E-state index contributed by atoms with van der Waals surface area (Å²) in [7, 11) is 0. The molecule has 1 aliphatic rings. The molecule has 1 unspecified atom stereocenters. The molecule has 0 aliphatic heterocycles. The van der Waals surface area contributed by atoms with Crippen molar-refractivity contribution < 1.29 is 0 Å². The molecule has 0 heterocycles. The van der Waals surface area contributed by atoms with Crippen LogP contribution in [0.4, 0.5) is 0 Å². The zero-order valence-electron chi connectivity index (χ0n) is 12.5. The van der Waals surface area contributed by atoms with Crippen LogP contribution in [0.25, 0.3) is 0 Å². The molecule has 0 saturated heterocycles. The van der Waals surface area contributed by atoms with Gasteiger partial charge in [-0.2, -0.15) is 0 Å². The Morgan fingerprint density at radius 3 is 2.90 bits per heavy atom. The van der Waals surface area contributed by atoms with E-state index in [2.05, 4.69) is 76.7 Å². The largest absolute Gasteiger partial charge is 0.310 e. The number of hydrogen-bond acceptors (Lipinski definition) is 1. The summed E-state index contributed by atoms with van der Waals surface area (Å²) < 4.78 is 1.15. The number of nitrogens with one attached hydrogen (secondary N) is 1. The van der Waals surface area contributed by atoms with Gasteiger partial charge in [0, 0.05) is 17.1 Å². The second-order valence-corrected chi connectivity index (χ2v) is 6.89. The van der Waals surface area contributed by atoms with E-state index >= 15 is 0 Å². The molecule has 2 aromatic rings. The van der Waals surface area contributed by atoms with E-state index in [1.54, 1.807) is 11.1 Å². The predicted molar refractivity (Wildman–Crippen MR) is 92.7 cm³/mol. The molecule has 0 radical (unpaired) electrons. The van der Waals surface area contributed by atoms with Crippen molar-refractivity contribution in [2.24, 2.45) is 0 Å². The topological polar surface area (TPSA) is 12.0 Å². The van der Waals surface area contributed by atoms with Gasteiger partial charge in [0.05, 0.1) is 0 Å². The molecule has 1 N–H and O–H groups in total. The minimum absolute atomic E-state index is 0.386. The number of rotatable bonds is 4. The standard InChI is InChI=1S/C19H22BrN/c1-14(16-8-5-10-18(20)12-16)21-13-17-9-4-7-15-6-2-3-11-19(15)17/h2-3,5-6,8,10-12,14,17,21H,4,7,9,13H2,1H3/t14-,17?/m1/s1. The third kappa shape index (κ3) is 3.56. The lowest BCUT2D eigenvalue weighted by molar-refractivity contribution is 0.473. The van der Waals surface area contributed by atoms with E-state index in [4.69, 9.17) is 0 Å². The average molecular weight is 344 g/mol. The van der Waals surface area contributed by atoms with Crippen molar-refractivity contribution in [2.45, 2.75) is 38.1 Å². The highest BCUT2D eigenvalue weighted by Crippen LogP contribution is 2.31. The highest BCUT2D eigenvalue weighted by atomic mass is 79.9. The van der Waals surface area contributed by atoms with Crippen LogP contribution in [0, 0.1) is 0 Å². The van der Waals surface area contributed by atoms with E-state index in [1.807, 2.05) is 0 Å². The van der Waals surface area contributed by atoms with Crippen LogP contribution in [0.5, 0.6) is 0 Å². The van der Waals surface area contributed by atoms with Crippen molar-refractivity contribution in [3.05, 3.63) is 69.7 Å². The Labute approximate surface area is 135 Å². The fourth-order valence-electron chi connectivity index (χ4n) is 3.28. The first-order chi connectivity index (χ1) is 10.2. The van der Waals surface area contributed by atoms with E-state index < -0.39 is 0 Å². The fourth-order valence-corrected chi connectivity index (χ4v) is 3.70. The Morgan fingerprint density at radius 1 is 1.19 bits per heavy atom. The van der Waals surface area contributed by atoms with Gasteiger partial charge in [-0.15, -0.1) is 0 Å². The minimum Gasteiger partial charge on any atom is -0.310 e. The normalized spacial score (nSPS) is 19.0. The summed E-state index contributed by atoms with van der Waals surface area (Å²) >= 11 is 3.55. The van der Waals surface area contributed by atoms with Crippen molar-refractivity contribution in [3.8, 4) is 0 Å². The van der Waals surface area contributed by atoms with Gasteiger partial charge in [-0.1, -0.05) is 52.3 Å². The van der Waals surface area contributed by atoms with Crippen LogP contribution in [0.15, 0.2) is 53.0 Å². The molecule has 0 aromatic heterocycles. The maximum absolute atomic E-state index is 3.72. The van der Waals surface area contributed by atoms with Crippen LogP contribution < -0.4 is 5.32 Å². The highest BCUT2D eigenvalue weighted by molar-refractivity contribution is 9.10. The van der Waals surface area contributed by atoms with Crippen LogP contribution >= 0.6 is 15.9 Å². The zero-order valence-corrected chi connectivity index (χ0v) is 14.1. The summed E-state index contributed by atoms with van der Waals surface area (Å²) in [4.78, 5) is 0. The summed E-state index contributed by atoms with van der Waals surface area (Å²) in [6.07, 6.45) is 3.86. The molecule has 21 heavy (non-hydrogen) atoms. The van der Waals surface area contributed by atoms with E-state index in [0.29, 0.717) is 12.0 Å². The molecule has 0 saturated carbocycles.